The molecular weight excluding hydrogens is 384 g/mol. The zero-order valence-electron chi connectivity index (χ0n) is 15.9. The number of nitro benzene ring substituents is 1. The summed E-state index contributed by atoms with van der Waals surface area (Å²) in [7, 11) is 4.63. The minimum Gasteiger partial charge on any atom is -0.493 e. The van der Waals surface area contributed by atoms with E-state index in [-0.39, 0.29) is 18.1 Å². The molecule has 0 spiro atoms. The third kappa shape index (κ3) is 4.61. The van der Waals surface area contributed by atoms with Crippen molar-refractivity contribution < 1.29 is 19.2 Å². The van der Waals surface area contributed by atoms with Crippen LogP contribution < -0.4 is 9.47 Å². The first kappa shape index (κ1) is 21.2. The molecule has 0 saturated heterocycles. The molecule has 0 N–H and O–H groups in total. The lowest BCUT2D eigenvalue weighted by atomic mass is 10.0. The summed E-state index contributed by atoms with van der Waals surface area (Å²) in [6.45, 7) is 3.84. The number of carbonyl (C=O) groups excluding carboxylic acids is 1. The summed E-state index contributed by atoms with van der Waals surface area (Å²) in [5.74, 6) is 0.698. The van der Waals surface area contributed by atoms with Crippen molar-refractivity contribution in [2.75, 3.05) is 21.3 Å². The molecule has 0 heterocycles. The van der Waals surface area contributed by atoms with Gasteiger partial charge in [0.15, 0.2) is 11.5 Å². The molecule has 0 saturated carbocycles. The molecule has 0 atom stereocenters. The lowest BCUT2D eigenvalue weighted by molar-refractivity contribution is -0.384. The molecular formula is C20H21ClN2O5. The van der Waals surface area contributed by atoms with Gasteiger partial charge in [0.2, 0.25) is 0 Å². The van der Waals surface area contributed by atoms with Crippen LogP contribution in [-0.4, -0.2) is 37.0 Å². The van der Waals surface area contributed by atoms with Crippen molar-refractivity contribution in [2.45, 2.75) is 13.0 Å². The van der Waals surface area contributed by atoms with Crippen LogP contribution in [0.5, 0.6) is 11.5 Å². The maximum absolute atomic E-state index is 12.9. The van der Waals surface area contributed by atoms with Crippen LogP contribution in [0.15, 0.2) is 43.0 Å². The second-order valence-electron chi connectivity index (χ2n) is 6.06. The predicted molar refractivity (Wildman–Crippen MR) is 107 cm³/mol. The van der Waals surface area contributed by atoms with Gasteiger partial charge in [-0.2, -0.15) is 0 Å². The number of rotatable bonds is 8. The molecule has 1 amide bonds. The number of nitrogens with zero attached hydrogens (tertiary/aromatic N) is 2. The van der Waals surface area contributed by atoms with E-state index in [2.05, 4.69) is 6.58 Å². The predicted octanol–water partition coefficient (Wildman–Crippen LogP) is 4.27. The average Bonchev–Trinajstić information content (AvgIpc) is 2.68. The zero-order chi connectivity index (χ0) is 20.8. The number of halogens is 1. The van der Waals surface area contributed by atoms with Gasteiger partial charge in [-0.25, -0.2) is 0 Å². The Morgan fingerprint density at radius 2 is 1.96 bits per heavy atom. The normalized spacial score (nSPS) is 10.3. The topological polar surface area (TPSA) is 81.9 Å². The van der Waals surface area contributed by atoms with Gasteiger partial charge in [0.05, 0.1) is 19.1 Å². The fraction of sp³-hybridized carbons (Fsp3) is 0.250. The Hall–Kier alpha value is -3.06. The minimum absolute atomic E-state index is 0.0837. The van der Waals surface area contributed by atoms with Crippen molar-refractivity contribution in [1.82, 2.24) is 4.90 Å². The monoisotopic (exact) mass is 404 g/mol. The molecule has 148 valence electrons. The van der Waals surface area contributed by atoms with Gasteiger partial charge in [0.1, 0.15) is 0 Å². The summed E-state index contributed by atoms with van der Waals surface area (Å²) in [6, 6.07) is 7.45. The van der Waals surface area contributed by atoms with Crippen LogP contribution in [0.4, 0.5) is 5.69 Å². The number of ether oxygens (including phenoxy) is 2. The summed E-state index contributed by atoms with van der Waals surface area (Å²) >= 11 is 6.14. The van der Waals surface area contributed by atoms with Gasteiger partial charge < -0.3 is 14.4 Å². The van der Waals surface area contributed by atoms with Gasteiger partial charge in [0.25, 0.3) is 11.6 Å². The van der Waals surface area contributed by atoms with E-state index in [4.69, 9.17) is 21.1 Å². The maximum Gasteiger partial charge on any atom is 0.269 e. The molecule has 0 bridgehead atoms. The smallest absolute Gasteiger partial charge is 0.269 e. The van der Waals surface area contributed by atoms with Crippen molar-refractivity contribution in [1.29, 1.82) is 0 Å². The van der Waals surface area contributed by atoms with Gasteiger partial charge in [-0.15, -0.1) is 6.58 Å². The molecule has 2 rings (SSSR count). The standard InChI is InChI=1S/C20H21ClN2O5/c1-5-6-13-9-14(11-18(27-3)19(13)28-4)20(24)22(2)12-15-10-16(23(25)26)7-8-17(15)21/h5,7-11H,1,6,12H2,2-4H3. The van der Waals surface area contributed by atoms with Crippen molar-refractivity contribution in [3.05, 3.63) is 74.8 Å². The molecule has 2 aromatic carbocycles. The first-order chi connectivity index (χ1) is 13.3. The third-order valence-electron chi connectivity index (χ3n) is 4.16. The van der Waals surface area contributed by atoms with Crippen LogP contribution in [-0.2, 0) is 13.0 Å². The number of hydrogen-bond donors (Lipinski definition) is 0. The third-order valence-corrected chi connectivity index (χ3v) is 4.53. The van der Waals surface area contributed by atoms with E-state index in [0.29, 0.717) is 34.1 Å². The van der Waals surface area contributed by atoms with Gasteiger partial charge >= 0.3 is 0 Å². The summed E-state index contributed by atoms with van der Waals surface area (Å²) in [5.41, 5.74) is 1.57. The highest BCUT2D eigenvalue weighted by Gasteiger charge is 2.20. The molecule has 0 radical (unpaired) electrons. The maximum atomic E-state index is 12.9. The van der Waals surface area contributed by atoms with Crippen LogP contribution in [0, 0.1) is 10.1 Å². The van der Waals surface area contributed by atoms with E-state index in [1.54, 1.807) is 25.3 Å². The number of methoxy groups -OCH3 is 2. The second kappa shape index (κ2) is 9.23. The summed E-state index contributed by atoms with van der Waals surface area (Å²) < 4.78 is 10.7. The summed E-state index contributed by atoms with van der Waals surface area (Å²) in [6.07, 6.45) is 2.21. The number of allylic oxidation sites excluding steroid dienone is 1. The Balaban J connectivity index is 2.35. The fourth-order valence-electron chi connectivity index (χ4n) is 2.82. The summed E-state index contributed by atoms with van der Waals surface area (Å²) in [5, 5.41) is 11.3. The fourth-order valence-corrected chi connectivity index (χ4v) is 2.99. The van der Waals surface area contributed by atoms with E-state index in [1.807, 2.05) is 0 Å². The van der Waals surface area contributed by atoms with Crippen molar-refractivity contribution in [3.8, 4) is 11.5 Å². The highest BCUT2D eigenvalue weighted by Crippen LogP contribution is 2.34. The number of carbonyl (C=O) groups is 1. The number of hydrogen-bond acceptors (Lipinski definition) is 5. The highest BCUT2D eigenvalue weighted by molar-refractivity contribution is 6.31. The second-order valence-corrected chi connectivity index (χ2v) is 6.46. The molecule has 2 aromatic rings. The van der Waals surface area contributed by atoms with Crippen molar-refractivity contribution >= 4 is 23.2 Å². The van der Waals surface area contributed by atoms with Crippen LogP contribution in [0.3, 0.4) is 0 Å². The lowest BCUT2D eigenvalue weighted by Crippen LogP contribution is -2.26. The van der Waals surface area contributed by atoms with E-state index in [1.165, 1.54) is 37.3 Å². The number of benzene rings is 2. The summed E-state index contributed by atoms with van der Waals surface area (Å²) in [4.78, 5) is 24.8. The van der Waals surface area contributed by atoms with E-state index in [9.17, 15) is 14.9 Å². The largest absolute Gasteiger partial charge is 0.493 e. The molecule has 0 aromatic heterocycles. The van der Waals surface area contributed by atoms with Crippen molar-refractivity contribution in [2.24, 2.45) is 0 Å². The molecule has 0 aliphatic rings. The molecule has 8 heteroatoms. The van der Waals surface area contributed by atoms with Gasteiger partial charge in [-0.1, -0.05) is 17.7 Å². The van der Waals surface area contributed by atoms with E-state index in [0.717, 1.165) is 5.56 Å². The lowest BCUT2D eigenvalue weighted by Gasteiger charge is -2.20. The Bertz CT molecular complexity index is 914. The van der Waals surface area contributed by atoms with E-state index < -0.39 is 4.92 Å². The number of nitro groups is 1. The van der Waals surface area contributed by atoms with Crippen LogP contribution in [0.25, 0.3) is 0 Å². The Labute approximate surface area is 168 Å². The quantitative estimate of drug-likeness (QED) is 0.373. The van der Waals surface area contributed by atoms with Gasteiger partial charge in [-0.05, 0) is 30.2 Å². The minimum atomic E-state index is -0.502. The zero-order valence-corrected chi connectivity index (χ0v) is 16.7. The molecule has 28 heavy (non-hydrogen) atoms. The van der Waals surface area contributed by atoms with Crippen LogP contribution in [0.1, 0.15) is 21.5 Å². The molecule has 7 nitrogen and oxygen atoms in total. The average molecular weight is 405 g/mol. The Morgan fingerprint density at radius 1 is 1.25 bits per heavy atom. The first-order valence-corrected chi connectivity index (χ1v) is 8.74. The Kier molecular flexibility index (Phi) is 7.00. The molecule has 0 fully saturated rings. The highest BCUT2D eigenvalue weighted by atomic mass is 35.5. The molecule has 0 aliphatic carbocycles. The van der Waals surface area contributed by atoms with Gasteiger partial charge in [0, 0.05) is 41.9 Å². The molecule has 0 unspecified atom stereocenters. The van der Waals surface area contributed by atoms with Crippen molar-refractivity contribution in [3.63, 3.8) is 0 Å². The van der Waals surface area contributed by atoms with E-state index >= 15 is 0 Å². The first-order valence-electron chi connectivity index (χ1n) is 8.36. The molecule has 0 aliphatic heterocycles. The SMILES string of the molecule is C=CCc1cc(C(=O)N(C)Cc2cc([N+](=O)[O-])ccc2Cl)cc(OC)c1OC. The number of amides is 1. The van der Waals surface area contributed by atoms with Crippen LogP contribution >= 0.6 is 11.6 Å². The number of non-ortho nitro benzene ring substituents is 1. The van der Waals surface area contributed by atoms with Gasteiger partial charge in [-0.3, -0.25) is 14.9 Å². The van der Waals surface area contributed by atoms with Crippen LogP contribution in [0.2, 0.25) is 5.02 Å². The Morgan fingerprint density at radius 3 is 2.54 bits per heavy atom.